The van der Waals surface area contributed by atoms with Gasteiger partial charge in [0.25, 0.3) is 0 Å². The van der Waals surface area contributed by atoms with Crippen LogP contribution in [0.2, 0.25) is 10.0 Å². The molecular weight excluding hydrogens is 295 g/mol. The summed E-state index contributed by atoms with van der Waals surface area (Å²) in [7, 11) is 3.99. The lowest BCUT2D eigenvalue weighted by Crippen LogP contribution is -2.47. The number of carbonyl (C=O) groups excluding carboxylic acids is 1. The third-order valence-electron chi connectivity index (χ3n) is 3.88. The second-order valence-electron chi connectivity index (χ2n) is 5.49. The summed E-state index contributed by atoms with van der Waals surface area (Å²) in [5.74, 6) is 0.128. The number of amides is 1. The van der Waals surface area contributed by atoms with Crippen LogP contribution in [0.4, 0.5) is 0 Å². The highest BCUT2D eigenvalue weighted by Gasteiger charge is 2.24. The van der Waals surface area contributed by atoms with Gasteiger partial charge in [0, 0.05) is 19.6 Å². The SMILES string of the molecule is CN1CCCC(N(C)C(=O)Cc2ccc(Cl)c(Cl)c2)C1. The fourth-order valence-electron chi connectivity index (χ4n) is 2.61. The molecule has 5 heteroatoms. The molecule has 110 valence electrons. The van der Waals surface area contributed by atoms with Gasteiger partial charge in [-0.2, -0.15) is 0 Å². The number of nitrogens with zero attached hydrogens (tertiary/aromatic N) is 2. The molecule has 1 aliphatic heterocycles. The molecule has 0 N–H and O–H groups in total. The van der Waals surface area contributed by atoms with Gasteiger partial charge < -0.3 is 9.80 Å². The standard InChI is InChI=1S/C15H20Cl2N2O/c1-18-7-3-4-12(10-18)19(2)15(20)9-11-5-6-13(16)14(17)8-11/h5-6,8,12H,3-4,7,9-10H2,1-2H3. The molecule has 1 atom stereocenters. The summed E-state index contributed by atoms with van der Waals surface area (Å²) in [4.78, 5) is 16.5. The molecule has 0 saturated carbocycles. The van der Waals surface area contributed by atoms with Crippen LogP contribution in [-0.2, 0) is 11.2 Å². The molecule has 0 radical (unpaired) electrons. The van der Waals surface area contributed by atoms with Gasteiger partial charge in [-0.3, -0.25) is 4.79 Å². The van der Waals surface area contributed by atoms with Gasteiger partial charge in [-0.05, 0) is 44.1 Å². The van der Waals surface area contributed by atoms with Gasteiger partial charge in [0.15, 0.2) is 0 Å². The van der Waals surface area contributed by atoms with E-state index < -0.39 is 0 Å². The number of likely N-dealkylation sites (tertiary alicyclic amines) is 1. The van der Waals surface area contributed by atoms with Crippen LogP contribution in [0, 0.1) is 0 Å². The molecule has 0 bridgehead atoms. The van der Waals surface area contributed by atoms with Gasteiger partial charge in [-0.15, -0.1) is 0 Å². The lowest BCUT2D eigenvalue weighted by molar-refractivity contribution is -0.132. The molecule has 1 aromatic carbocycles. The first-order chi connectivity index (χ1) is 9.47. The van der Waals surface area contributed by atoms with E-state index in [0.29, 0.717) is 22.5 Å². The van der Waals surface area contributed by atoms with Gasteiger partial charge in [0.2, 0.25) is 5.91 Å². The Labute approximate surface area is 130 Å². The lowest BCUT2D eigenvalue weighted by atomic mass is 10.0. The van der Waals surface area contributed by atoms with E-state index >= 15 is 0 Å². The van der Waals surface area contributed by atoms with E-state index in [1.165, 1.54) is 0 Å². The summed E-state index contributed by atoms with van der Waals surface area (Å²) < 4.78 is 0. The second-order valence-corrected chi connectivity index (χ2v) is 6.30. The molecule has 20 heavy (non-hydrogen) atoms. The minimum absolute atomic E-state index is 0.128. The van der Waals surface area contributed by atoms with Gasteiger partial charge in [-0.25, -0.2) is 0 Å². The van der Waals surface area contributed by atoms with E-state index in [2.05, 4.69) is 11.9 Å². The Balaban J connectivity index is 1.98. The van der Waals surface area contributed by atoms with Gasteiger partial charge in [-0.1, -0.05) is 29.3 Å². The molecule has 0 aliphatic carbocycles. The van der Waals surface area contributed by atoms with Crippen LogP contribution in [0.1, 0.15) is 18.4 Å². The van der Waals surface area contributed by atoms with Crippen LogP contribution in [0.15, 0.2) is 18.2 Å². The highest BCUT2D eigenvalue weighted by Crippen LogP contribution is 2.23. The average molecular weight is 315 g/mol. The second kappa shape index (κ2) is 6.79. The predicted octanol–water partition coefficient (Wildman–Crippen LogP) is 3.09. The van der Waals surface area contributed by atoms with Crippen molar-refractivity contribution in [2.75, 3.05) is 27.2 Å². The van der Waals surface area contributed by atoms with Crippen LogP contribution in [0.5, 0.6) is 0 Å². The van der Waals surface area contributed by atoms with Crippen LogP contribution in [0.3, 0.4) is 0 Å². The molecule has 1 aliphatic rings. The number of halogens is 2. The third-order valence-corrected chi connectivity index (χ3v) is 4.62. The molecule has 1 unspecified atom stereocenters. The van der Waals surface area contributed by atoms with Crippen LogP contribution in [-0.4, -0.2) is 48.9 Å². The minimum atomic E-state index is 0.128. The van der Waals surface area contributed by atoms with Crippen molar-refractivity contribution in [1.82, 2.24) is 9.80 Å². The summed E-state index contributed by atoms with van der Waals surface area (Å²) in [6, 6.07) is 5.67. The number of benzene rings is 1. The highest BCUT2D eigenvalue weighted by atomic mass is 35.5. The maximum absolute atomic E-state index is 12.3. The van der Waals surface area contributed by atoms with E-state index in [9.17, 15) is 4.79 Å². The first kappa shape index (κ1) is 15.6. The van der Waals surface area contributed by atoms with Gasteiger partial charge >= 0.3 is 0 Å². The number of likely N-dealkylation sites (N-methyl/N-ethyl adjacent to an activating group) is 2. The molecule has 1 fully saturated rings. The Hall–Kier alpha value is -0.770. The van der Waals surface area contributed by atoms with E-state index in [4.69, 9.17) is 23.2 Å². The molecule has 0 spiro atoms. The molecule has 2 rings (SSSR count). The van der Waals surface area contributed by atoms with Crippen molar-refractivity contribution < 1.29 is 4.79 Å². The first-order valence-corrected chi connectivity index (χ1v) is 7.61. The lowest BCUT2D eigenvalue weighted by Gasteiger charge is -2.36. The molecule has 3 nitrogen and oxygen atoms in total. The summed E-state index contributed by atoms with van der Waals surface area (Å²) in [6.07, 6.45) is 2.59. The number of rotatable bonds is 3. The zero-order chi connectivity index (χ0) is 14.7. The average Bonchev–Trinajstić information content (AvgIpc) is 2.42. The van der Waals surface area contributed by atoms with E-state index in [1.54, 1.807) is 12.1 Å². The maximum atomic E-state index is 12.3. The summed E-state index contributed by atoms with van der Waals surface area (Å²) >= 11 is 11.9. The zero-order valence-electron chi connectivity index (χ0n) is 11.9. The van der Waals surface area contributed by atoms with E-state index in [1.807, 2.05) is 18.0 Å². The topological polar surface area (TPSA) is 23.6 Å². The van der Waals surface area contributed by atoms with Crippen molar-refractivity contribution in [3.8, 4) is 0 Å². The van der Waals surface area contributed by atoms with Gasteiger partial charge in [0.05, 0.1) is 16.5 Å². The Morgan fingerprint density at radius 1 is 1.40 bits per heavy atom. The minimum Gasteiger partial charge on any atom is -0.341 e. The third kappa shape index (κ3) is 3.87. The number of hydrogen-bond acceptors (Lipinski definition) is 2. The highest BCUT2D eigenvalue weighted by molar-refractivity contribution is 6.42. The predicted molar refractivity (Wildman–Crippen MR) is 83.5 cm³/mol. The summed E-state index contributed by atoms with van der Waals surface area (Å²) in [5, 5.41) is 1.02. The Morgan fingerprint density at radius 2 is 2.15 bits per heavy atom. The molecule has 0 aromatic heterocycles. The smallest absolute Gasteiger partial charge is 0.227 e. The monoisotopic (exact) mass is 314 g/mol. The Kier molecular flexibility index (Phi) is 5.30. The molecule has 1 saturated heterocycles. The first-order valence-electron chi connectivity index (χ1n) is 6.85. The molecule has 1 aromatic rings. The summed E-state index contributed by atoms with van der Waals surface area (Å²) in [5.41, 5.74) is 0.903. The Bertz CT molecular complexity index is 493. The number of carbonyl (C=O) groups is 1. The molecule has 1 heterocycles. The van der Waals surface area contributed by atoms with Crippen LogP contribution < -0.4 is 0 Å². The largest absolute Gasteiger partial charge is 0.341 e. The van der Waals surface area contributed by atoms with Crippen LogP contribution >= 0.6 is 23.2 Å². The fraction of sp³-hybridized carbons (Fsp3) is 0.533. The van der Waals surface area contributed by atoms with E-state index in [-0.39, 0.29) is 5.91 Å². The van der Waals surface area contributed by atoms with Crippen molar-refractivity contribution in [2.24, 2.45) is 0 Å². The molecular formula is C15H20Cl2N2O. The quantitative estimate of drug-likeness (QED) is 0.856. The van der Waals surface area contributed by atoms with Gasteiger partial charge in [0.1, 0.15) is 0 Å². The van der Waals surface area contributed by atoms with Crippen molar-refractivity contribution in [2.45, 2.75) is 25.3 Å². The van der Waals surface area contributed by atoms with Crippen molar-refractivity contribution >= 4 is 29.1 Å². The number of piperidine rings is 1. The molecule has 1 amide bonds. The maximum Gasteiger partial charge on any atom is 0.227 e. The van der Waals surface area contributed by atoms with Crippen molar-refractivity contribution in [3.05, 3.63) is 33.8 Å². The summed E-state index contributed by atoms with van der Waals surface area (Å²) in [6.45, 7) is 2.06. The van der Waals surface area contributed by atoms with Crippen LogP contribution in [0.25, 0.3) is 0 Å². The Morgan fingerprint density at radius 3 is 2.80 bits per heavy atom. The van der Waals surface area contributed by atoms with Crippen molar-refractivity contribution in [1.29, 1.82) is 0 Å². The number of hydrogen-bond donors (Lipinski definition) is 0. The zero-order valence-corrected chi connectivity index (χ0v) is 13.4. The normalized spacial score (nSPS) is 19.9. The fourth-order valence-corrected chi connectivity index (χ4v) is 2.93. The van der Waals surface area contributed by atoms with Crippen molar-refractivity contribution in [3.63, 3.8) is 0 Å². The van der Waals surface area contributed by atoms with E-state index in [0.717, 1.165) is 31.5 Å².